The van der Waals surface area contributed by atoms with Crippen molar-refractivity contribution < 1.29 is 22.3 Å². The van der Waals surface area contributed by atoms with Crippen molar-refractivity contribution >= 4 is 31.7 Å². The van der Waals surface area contributed by atoms with Crippen LogP contribution in [0.2, 0.25) is 0 Å². The summed E-state index contributed by atoms with van der Waals surface area (Å²) in [5.74, 6) is 0.0772. The number of nitro benzene ring substituents is 1. The van der Waals surface area contributed by atoms with Crippen molar-refractivity contribution in [2.24, 2.45) is 0 Å². The van der Waals surface area contributed by atoms with Gasteiger partial charge in [0.1, 0.15) is 5.75 Å². The quantitative estimate of drug-likeness (QED) is 0.390. The van der Waals surface area contributed by atoms with E-state index >= 15 is 0 Å². The lowest BCUT2D eigenvalue weighted by atomic mass is 10.1. The zero-order chi connectivity index (χ0) is 17.7. The van der Waals surface area contributed by atoms with E-state index in [2.05, 4.69) is 15.9 Å². The largest absolute Gasteiger partial charge is 0.384 e. The third-order valence-electron chi connectivity index (χ3n) is 3.11. The van der Waals surface area contributed by atoms with Gasteiger partial charge >= 0.3 is 10.1 Å². The third-order valence-corrected chi connectivity index (χ3v) is 4.90. The minimum absolute atomic E-state index is 0.0772. The summed E-state index contributed by atoms with van der Waals surface area (Å²) in [6.07, 6.45) is 0.682. The molecular weight excluding hydrogens is 402 g/mol. The number of nitro groups is 1. The van der Waals surface area contributed by atoms with Crippen molar-refractivity contribution in [3.05, 3.63) is 62.6 Å². The molecular formula is C15H14BrNO6S. The fourth-order valence-electron chi connectivity index (χ4n) is 1.95. The molecule has 0 radical (unpaired) electrons. The molecule has 24 heavy (non-hydrogen) atoms. The van der Waals surface area contributed by atoms with E-state index in [-0.39, 0.29) is 5.75 Å². The molecule has 0 aliphatic rings. The fourth-order valence-corrected chi connectivity index (χ4v) is 3.38. The van der Waals surface area contributed by atoms with Gasteiger partial charge in [0.2, 0.25) is 0 Å². The summed E-state index contributed by atoms with van der Waals surface area (Å²) in [5, 5.41) is 11.1. The Morgan fingerprint density at radius 1 is 1.17 bits per heavy atom. The maximum atomic E-state index is 12.3. The van der Waals surface area contributed by atoms with Crippen molar-refractivity contribution in [3.8, 4) is 5.75 Å². The van der Waals surface area contributed by atoms with Crippen LogP contribution in [0, 0.1) is 10.1 Å². The van der Waals surface area contributed by atoms with Crippen LogP contribution < -0.4 is 4.18 Å². The highest BCUT2D eigenvalue weighted by molar-refractivity contribution is 9.10. The molecule has 0 amide bonds. The number of methoxy groups -OCH3 is 1. The van der Waals surface area contributed by atoms with Gasteiger partial charge in [-0.2, -0.15) is 8.42 Å². The van der Waals surface area contributed by atoms with Gasteiger partial charge in [0.15, 0.2) is 4.90 Å². The molecule has 2 aromatic carbocycles. The highest BCUT2D eigenvalue weighted by Gasteiger charge is 2.28. The molecule has 7 nitrogen and oxygen atoms in total. The van der Waals surface area contributed by atoms with Crippen LogP contribution in [0.25, 0.3) is 0 Å². The topological polar surface area (TPSA) is 95.7 Å². The number of halogens is 1. The molecule has 0 saturated carbocycles. The monoisotopic (exact) mass is 415 g/mol. The first-order valence-electron chi connectivity index (χ1n) is 6.80. The van der Waals surface area contributed by atoms with E-state index in [0.717, 1.165) is 17.7 Å². The average molecular weight is 416 g/mol. The van der Waals surface area contributed by atoms with Crippen molar-refractivity contribution in [2.45, 2.75) is 11.3 Å². The van der Waals surface area contributed by atoms with E-state index in [4.69, 9.17) is 8.92 Å². The lowest BCUT2D eigenvalue weighted by molar-refractivity contribution is -0.388. The molecule has 0 unspecified atom stereocenters. The van der Waals surface area contributed by atoms with Crippen LogP contribution in [-0.4, -0.2) is 27.1 Å². The van der Waals surface area contributed by atoms with Crippen LogP contribution in [0.15, 0.2) is 51.8 Å². The van der Waals surface area contributed by atoms with Gasteiger partial charge in [0.05, 0.1) is 11.5 Å². The second kappa shape index (κ2) is 7.73. The number of benzene rings is 2. The maximum absolute atomic E-state index is 12.3. The van der Waals surface area contributed by atoms with E-state index in [1.807, 2.05) is 0 Å². The van der Waals surface area contributed by atoms with Crippen LogP contribution in [0.4, 0.5) is 5.69 Å². The first-order chi connectivity index (χ1) is 11.3. The van der Waals surface area contributed by atoms with Gasteiger partial charge in [-0.25, -0.2) is 0 Å². The molecule has 0 aliphatic carbocycles. The Kier molecular flexibility index (Phi) is 5.92. The molecule has 0 saturated heterocycles. The minimum atomic E-state index is -4.32. The summed E-state index contributed by atoms with van der Waals surface area (Å²) >= 11 is 3.08. The molecule has 0 heterocycles. The average Bonchev–Trinajstić information content (AvgIpc) is 2.53. The Labute approximate surface area is 147 Å². The third kappa shape index (κ3) is 4.53. The van der Waals surface area contributed by atoms with Gasteiger partial charge in [-0.05, 0) is 36.2 Å². The number of hydrogen-bond donors (Lipinski definition) is 0. The molecule has 0 N–H and O–H groups in total. The van der Waals surface area contributed by atoms with Gasteiger partial charge in [0.25, 0.3) is 5.69 Å². The van der Waals surface area contributed by atoms with E-state index < -0.39 is 25.6 Å². The SMILES string of the molecule is COCCc1ccc(OS(=O)(=O)c2ccc(Br)cc2[N+](=O)[O-])cc1. The smallest absolute Gasteiger partial charge is 0.346 e. The summed E-state index contributed by atoms with van der Waals surface area (Å²) in [6.45, 7) is 0.545. The van der Waals surface area contributed by atoms with Gasteiger partial charge in [-0.15, -0.1) is 0 Å². The molecule has 0 atom stereocenters. The van der Waals surface area contributed by atoms with E-state index in [1.165, 1.54) is 18.2 Å². The lowest BCUT2D eigenvalue weighted by Gasteiger charge is -2.08. The lowest BCUT2D eigenvalue weighted by Crippen LogP contribution is -2.12. The first kappa shape index (κ1) is 18.4. The Bertz CT molecular complexity index is 836. The molecule has 128 valence electrons. The van der Waals surface area contributed by atoms with Crippen molar-refractivity contribution in [2.75, 3.05) is 13.7 Å². The fraction of sp³-hybridized carbons (Fsp3) is 0.200. The molecule has 0 fully saturated rings. The molecule has 2 rings (SSSR count). The van der Waals surface area contributed by atoms with Crippen LogP contribution in [0.1, 0.15) is 5.56 Å². The Hall–Kier alpha value is -1.97. The van der Waals surface area contributed by atoms with Gasteiger partial charge in [0, 0.05) is 17.6 Å². The first-order valence-corrected chi connectivity index (χ1v) is 9.00. The minimum Gasteiger partial charge on any atom is -0.384 e. The summed E-state index contributed by atoms with van der Waals surface area (Å²) in [6, 6.07) is 10.0. The Balaban J connectivity index is 2.27. The predicted molar refractivity (Wildman–Crippen MR) is 90.6 cm³/mol. The highest BCUT2D eigenvalue weighted by atomic mass is 79.9. The normalized spacial score (nSPS) is 11.2. The molecule has 2 aromatic rings. The van der Waals surface area contributed by atoms with E-state index in [1.54, 1.807) is 19.2 Å². The van der Waals surface area contributed by atoms with Gasteiger partial charge in [-0.1, -0.05) is 28.1 Å². The number of rotatable bonds is 7. The second-order valence-electron chi connectivity index (χ2n) is 4.79. The number of hydrogen-bond acceptors (Lipinski definition) is 6. The molecule has 0 spiro atoms. The summed E-state index contributed by atoms with van der Waals surface area (Å²) in [5.41, 5.74) is 0.400. The predicted octanol–water partition coefficient (Wildman–Crippen LogP) is 3.31. The van der Waals surface area contributed by atoms with Crippen LogP contribution >= 0.6 is 15.9 Å². The molecule has 0 bridgehead atoms. The summed E-state index contributed by atoms with van der Waals surface area (Å²) in [7, 11) is -2.73. The summed E-state index contributed by atoms with van der Waals surface area (Å²) < 4.78 is 35.0. The van der Waals surface area contributed by atoms with Crippen LogP contribution in [-0.2, 0) is 21.3 Å². The van der Waals surface area contributed by atoms with E-state index in [0.29, 0.717) is 17.5 Å². The second-order valence-corrected chi connectivity index (χ2v) is 7.22. The van der Waals surface area contributed by atoms with Crippen molar-refractivity contribution in [1.82, 2.24) is 0 Å². The van der Waals surface area contributed by atoms with Crippen LogP contribution in [0.3, 0.4) is 0 Å². The van der Waals surface area contributed by atoms with Crippen molar-refractivity contribution in [1.29, 1.82) is 0 Å². The number of ether oxygens (including phenoxy) is 1. The molecule has 0 aliphatic heterocycles. The van der Waals surface area contributed by atoms with E-state index in [9.17, 15) is 18.5 Å². The summed E-state index contributed by atoms with van der Waals surface area (Å²) in [4.78, 5) is 9.80. The van der Waals surface area contributed by atoms with Gasteiger partial charge in [-0.3, -0.25) is 10.1 Å². The number of nitrogens with zero attached hydrogens (tertiary/aromatic N) is 1. The standard InChI is InChI=1S/C15H14BrNO6S/c1-22-9-8-11-2-5-13(6-3-11)23-24(20,21)15-7-4-12(16)10-14(15)17(18)19/h2-7,10H,8-9H2,1H3. The van der Waals surface area contributed by atoms with Crippen molar-refractivity contribution in [3.63, 3.8) is 0 Å². The Morgan fingerprint density at radius 3 is 2.42 bits per heavy atom. The van der Waals surface area contributed by atoms with Crippen LogP contribution in [0.5, 0.6) is 5.75 Å². The Morgan fingerprint density at radius 2 is 1.83 bits per heavy atom. The zero-order valence-electron chi connectivity index (χ0n) is 12.6. The van der Waals surface area contributed by atoms with Gasteiger partial charge < -0.3 is 8.92 Å². The zero-order valence-corrected chi connectivity index (χ0v) is 15.0. The molecule has 0 aromatic heterocycles. The highest BCUT2D eigenvalue weighted by Crippen LogP contribution is 2.29. The molecule has 9 heteroatoms. The maximum Gasteiger partial charge on any atom is 0.346 e.